The van der Waals surface area contributed by atoms with Gasteiger partial charge in [0, 0.05) is 0 Å². The van der Waals surface area contributed by atoms with E-state index in [0.717, 1.165) is 30.5 Å². The fourth-order valence-electron chi connectivity index (χ4n) is 2.64. The van der Waals surface area contributed by atoms with Crippen molar-refractivity contribution >= 4 is 9.84 Å². The fourth-order valence-corrected chi connectivity index (χ4v) is 4.63. The molecule has 4 heteroatoms. The minimum atomic E-state index is -3.03. The highest BCUT2D eigenvalue weighted by molar-refractivity contribution is 7.91. The van der Waals surface area contributed by atoms with E-state index >= 15 is 0 Å². The summed E-state index contributed by atoms with van der Waals surface area (Å²) in [6.07, 6.45) is 1.96. The Labute approximate surface area is 103 Å². The second kappa shape index (κ2) is 4.78. The minimum absolute atomic E-state index is 0.185. The van der Waals surface area contributed by atoms with Crippen LogP contribution in [-0.2, 0) is 9.84 Å². The largest absolute Gasteiger partial charge is 0.320 e. The molecule has 0 spiro atoms. The first kappa shape index (κ1) is 12.6. The molecule has 0 bridgehead atoms. The van der Waals surface area contributed by atoms with Crippen LogP contribution in [0.1, 0.15) is 29.9 Å². The van der Waals surface area contributed by atoms with Crippen LogP contribution >= 0.6 is 0 Å². The van der Waals surface area contributed by atoms with Crippen LogP contribution in [0.2, 0.25) is 0 Å². The third kappa shape index (κ3) is 2.38. The summed E-state index contributed by atoms with van der Waals surface area (Å²) in [6, 6.07) is 5.59. The molecule has 1 aliphatic rings. The second-order valence-electron chi connectivity index (χ2n) is 4.71. The number of nitrogens with one attached hydrogen (secondary N) is 1. The van der Waals surface area contributed by atoms with Crippen LogP contribution in [-0.4, -0.2) is 27.8 Å². The molecular formula is C13H19NO2S. The van der Waals surface area contributed by atoms with Gasteiger partial charge in [0.15, 0.2) is 9.84 Å². The van der Waals surface area contributed by atoms with Gasteiger partial charge in [-0.1, -0.05) is 12.1 Å². The van der Waals surface area contributed by atoms with E-state index in [1.807, 2.05) is 26.1 Å². The van der Waals surface area contributed by atoms with Crippen molar-refractivity contribution in [1.82, 2.24) is 5.32 Å². The number of hydrogen-bond donors (Lipinski definition) is 1. The van der Waals surface area contributed by atoms with E-state index < -0.39 is 9.84 Å². The summed E-state index contributed by atoms with van der Waals surface area (Å²) in [5.41, 5.74) is 2.17. The first-order chi connectivity index (χ1) is 8.06. The Morgan fingerprint density at radius 2 is 2.18 bits per heavy atom. The summed E-state index contributed by atoms with van der Waals surface area (Å²) in [7, 11) is -1.11. The van der Waals surface area contributed by atoms with Crippen molar-refractivity contribution in [2.45, 2.75) is 30.6 Å². The number of sulfone groups is 1. The van der Waals surface area contributed by atoms with Crippen LogP contribution in [0.3, 0.4) is 0 Å². The van der Waals surface area contributed by atoms with Gasteiger partial charge in [-0.25, -0.2) is 8.42 Å². The number of aryl methyl sites for hydroxylation is 1. The Morgan fingerprint density at radius 1 is 1.41 bits per heavy atom. The van der Waals surface area contributed by atoms with Gasteiger partial charge in [0.1, 0.15) is 0 Å². The average Bonchev–Trinajstić information content (AvgIpc) is 2.53. The normalized spacial score (nSPS) is 21.4. The van der Waals surface area contributed by atoms with Gasteiger partial charge in [-0.3, -0.25) is 0 Å². The zero-order valence-corrected chi connectivity index (χ0v) is 11.2. The van der Waals surface area contributed by atoms with Gasteiger partial charge in [0.2, 0.25) is 0 Å². The molecule has 3 nitrogen and oxygen atoms in total. The second-order valence-corrected chi connectivity index (χ2v) is 6.71. The van der Waals surface area contributed by atoms with Gasteiger partial charge < -0.3 is 5.32 Å². The predicted molar refractivity (Wildman–Crippen MR) is 69.1 cm³/mol. The average molecular weight is 253 g/mol. The van der Waals surface area contributed by atoms with Crippen molar-refractivity contribution in [1.29, 1.82) is 0 Å². The molecule has 0 radical (unpaired) electrons. The Hall–Kier alpha value is -0.870. The third-order valence-electron chi connectivity index (χ3n) is 3.43. The van der Waals surface area contributed by atoms with Gasteiger partial charge in [0.25, 0.3) is 0 Å². The lowest BCUT2D eigenvalue weighted by Gasteiger charge is -2.11. The highest BCUT2D eigenvalue weighted by Gasteiger charge is 2.34. The molecule has 0 aromatic heterocycles. The van der Waals surface area contributed by atoms with Crippen LogP contribution in [0.15, 0.2) is 23.1 Å². The van der Waals surface area contributed by atoms with E-state index in [-0.39, 0.29) is 11.7 Å². The Morgan fingerprint density at radius 3 is 2.88 bits per heavy atom. The fraction of sp³-hybridized carbons (Fsp3) is 0.538. The molecule has 0 amide bonds. The third-order valence-corrected chi connectivity index (χ3v) is 5.29. The zero-order valence-electron chi connectivity index (χ0n) is 10.4. The molecule has 1 aromatic rings. The molecule has 1 N–H and O–H groups in total. The molecule has 17 heavy (non-hydrogen) atoms. The van der Waals surface area contributed by atoms with E-state index in [1.54, 1.807) is 6.07 Å². The molecule has 1 atom stereocenters. The summed E-state index contributed by atoms with van der Waals surface area (Å²) < 4.78 is 24.1. The van der Waals surface area contributed by atoms with E-state index in [4.69, 9.17) is 0 Å². The Kier molecular flexibility index (Phi) is 3.54. The predicted octanol–water partition coefficient (Wildman–Crippen LogP) is 1.87. The van der Waals surface area contributed by atoms with Crippen LogP contribution in [0.25, 0.3) is 0 Å². The maximum absolute atomic E-state index is 12.0. The Balaban J connectivity index is 2.30. The smallest absolute Gasteiger partial charge is 0.179 e. The molecule has 94 valence electrons. The summed E-state index contributed by atoms with van der Waals surface area (Å²) in [5, 5.41) is 3.10. The lowest BCUT2D eigenvalue weighted by molar-refractivity contribution is 0.585. The monoisotopic (exact) mass is 253 g/mol. The number of benzene rings is 1. The summed E-state index contributed by atoms with van der Waals surface area (Å²) >= 11 is 0. The van der Waals surface area contributed by atoms with Crippen molar-refractivity contribution in [2.75, 3.05) is 19.3 Å². The van der Waals surface area contributed by atoms with Crippen LogP contribution in [0.4, 0.5) is 0 Å². The maximum atomic E-state index is 12.0. The zero-order chi connectivity index (χ0) is 12.5. The first-order valence-corrected chi connectivity index (χ1v) is 7.68. The lowest BCUT2D eigenvalue weighted by Crippen LogP contribution is -2.10. The van der Waals surface area contributed by atoms with Gasteiger partial charge in [-0.2, -0.15) is 0 Å². The number of hydrogen-bond acceptors (Lipinski definition) is 3. The van der Waals surface area contributed by atoms with Crippen molar-refractivity contribution in [3.8, 4) is 0 Å². The van der Waals surface area contributed by atoms with Gasteiger partial charge in [-0.05, 0) is 56.5 Å². The molecule has 1 unspecified atom stereocenters. The first-order valence-electron chi connectivity index (χ1n) is 6.03. The summed E-state index contributed by atoms with van der Waals surface area (Å²) in [6.45, 7) is 2.95. The molecule has 1 aliphatic heterocycles. The van der Waals surface area contributed by atoms with E-state index in [0.29, 0.717) is 4.90 Å². The minimum Gasteiger partial charge on any atom is -0.320 e. The molecule has 2 rings (SSSR count). The molecular weight excluding hydrogens is 234 g/mol. The molecule has 0 fully saturated rings. The van der Waals surface area contributed by atoms with Gasteiger partial charge in [-0.15, -0.1) is 0 Å². The lowest BCUT2D eigenvalue weighted by atomic mass is 9.93. The van der Waals surface area contributed by atoms with Crippen LogP contribution in [0.5, 0.6) is 0 Å². The summed E-state index contributed by atoms with van der Waals surface area (Å²) in [4.78, 5) is 0.562. The van der Waals surface area contributed by atoms with Crippen molar-refractivity contribution < 1.29 is 8.42 Å². The number of fused-ring (bicyclic) bond motifs is 1. The molecule has 1 aromatic carbocycles. The summed E-state index contributed by atoms with van der Waals surface area (Å²) in [5.74, 6) is 0.473. The van der Waals surface area contributed by atoms with Crippen LogP contribution in [0, 0.1) is 6.92 Å². The SMILES string of the molecule is CNCCCC1CS(=O)(=O)c2cccc(C)c21. The van der Waals surface area contributed by atoms with E-state index in [9.17, 15) is 8.42 Å². The molecule has 0 saturated carbocycles. The standard InChI is InChI=1S/C13H19NO2S/c1-10-5-3-7-12-13(10)11(6-4-8-14-2)9-17(12,15)16/h3,5,7,11,14H,4,6,8-9H2,1-2H3. The van der Waals surface area contributed by atoms with Crippen molar-refractivity contribution in [3.63, 3.8) is 0 Å². The van der Waals surface area contributed by atoms with Crippen molar-refractivity contribution in [3.05, 3.63) is 29.3 Å². The van der Waals surface area contributed by atoms with Crippen LogP contribution < -0.4 is 5.32 Å². The Bertz CT molecular complexity index is 508. The van der Waals surface area contributed by atoms with E-state index in [2.05, 4.69) is 5.32 Å². The maximum Gasteiger partial charge on any atom is 0.179 e. The van der Waals surface area contributed by atoms with Gasteiger partial charge >= 0.3 is 0 Å². The highest BCUT2D eigenvalue weighted by atomic mass is 32.2. The molecule has 0 aliphatic carbocycles. The van der Waals surface area contributed by atoms with E-state index in [1.165, 1.54) is 0 Å². The topological polar surface area (TPSA) is 46.2 Å². The van der Waals surface area contributed by atoms with Gasteiger partial charge in [0.05, 0.1) is 10.6 Å². The van der Waals surface area contributed by atoms with Crippen molar-refractivity contribution in [2.24, 2.45) is 0 Å². The number of rotatable bonds is 4. The quantitative estimate of drug-likeness (QED) is 0.833. The highest BCUT2D eigenvalue weighted by Crippen LogP contribution is 2.39. The molecule has 1 heterocycles. The molecule has 0 saturated heterocycles.